The van der Waals surface area contributed by atoms with Gasteiger partial charge in [-0.15, -0.1) is 0 Å². The lowest BCUT2D eigenvalue weighted by molar-refractivity contribution is 0.475. The summed E-state index contributed by atoms with van der Waals surface area (Å²) in [7, 11) is 0. The van der Waals surface area contributed by atoms with Crippen LogP contribution in [0.2, 0.25) is 0 Å². The highest BCUT2D eigenvalue weighted by molar-refractivity contribution is 9.10. The van der Waals surface area contributed by atoms with Crippen molar-refractivity contribution in [2.75, 3.05) is 0 Å². The molecule has 1 heterocycles. The van der Waals surface area contributed by atoms with Crippen molar-refractivity contribution in [3.8, 4) is 22.9 Å². The molecule has 5 heteroatoms. The fourth-order valence-electron chi connectivity index (χ4n) is 1.73. The first kappa shape index (κ1) is 12.4. The summed E-state index contributed by atoms with van der Waals surface area (Å²) >= 11 is 3.31. The fourth-order valence-corrected chi connectivity index (χ4v) is 2.31. The van der Waals surface area contributed by atoms with Crippen LogP contribution in [0.1, 0.15) is 11.3 Å². The largest absolute Gasteiger partial charge is 0.508 e. The average Bonchev–Trinajstić information content (AvgIpc) is 2.28. The Hall–Kier alpha value is -2.06. The summed E-state index contributed by atoms with van der Waals surface area (Å²) in [6.45, 7) is 1.75. The Morgan fingerprint density at radius 1 is 1.33 bits per heavy atom. The molecule has 2 rings (SSSR count). The van der Waals surface area contributed by atoms with Gasteiger partial charge in [0.05, 0.1) is 0 Å². The van der Waals surface area contributed by atoms with Gasteiger partial charge in [0.1, 0.15) is 17.4 Å². The Labute approximate surface area is 112 Å². The number of phenols is 1. The molecule has 0 amide bonds. The number of rotatable bonds is 1. The molecule has 1 aromatic heterocycles. The molecule has 0 aliphatic heterocycles. The van der Waals surface area contributed by atoms with Gasteiger partial charge in [-0.3, -0.25) is 4.79 Å². The summed E-state index contributed by atoms with van der Waals surface area (Å²) in [6.07, 6.45) is 0. The number of H-pyrrole nitrogens is 1. The van der Waals surface area contributed by atoms with Crippen LogP contribution >= 0.6 is 15.9 Å². The highest BCUT2D eigenvalue weighted by Crippen LogP contribution is 2.32. The maximum Gasteiger partial charge on any atom is 0.266 e. The lowest BCUT2D eigenvalue weighted by Crippen LogP contribution is -2.12. The third-order valence-corrected chi connectivity index (χ3v) is 3.18. The van der Waals surface area contributed by atoms with Crippen LogP contribution in [-0.4, -0.2) is 10.1 Å². The van der Waals surface area contributed by atoms with Crippen LogP contribution in [0.25, 0.3) is 11.1 Å². The van der Waals surface area contributed by atoms with E-state index in [1.165, 1.54) is 12.1 Å². The van der Waals surface area contributed by atoms with E-state index in [-0.39, 0.29) is 11.3 Å². The first-order valence-electron chi connectivity index (χ1n) is 5.16. The maximum atomic E-state index is 11.7. The van der Waals surface area contributed by atoms with Gasteiger partial charge in [0.2, 0.25) is 0 Å². The van der Waals surface area contributed by atoms with Gasteiger partial charge >= 0.3 is 0 Å². The summed E-state index contributed by atoms with van der Waals surface area (Å²) in [5, 5.41) is 18.4. The highest BCUT2D eigenvalue weighted by Gasteiger charge is 2.12. The van der Waals surface area contributed by atoms with Gasteiger partial charge in [0.25, 0.3) is 5.56 Å². The first-order chi connectivity index (χ1) is 8.52. The molecule has 2 aromatic rings. The molecule has 0 saturated carbocycles. The number of nitrogens with zero attached hydrogens (tertiary/aromatic N) is 1. The number of hydrogen-bond acceptors (Lipinski definition) is 3. The van der Waals surface area contributed by atoms with E-state index in [1.54, 1.807) is 19.1 Å². The van der Waals surface area contributed by atoms with Crippen LogP contribution in [0.15, 0.2) is 33.5 Å². The third kappa shape index (κ3) is 2.15. The molecule has 0 aliphatic carbocycles. The zero-order chi connectivity index (χ0) is 13.3. The molecule has 0 fully saturated rings. The van der Waals surface area contributed by atoms with E-state index in [9.17, 15) is 9.90 Å². The molecule has 0 spiro atoms. The normalized spacial score (nSPS) is 10.1. The minimum Gasteiger partial charge on any atom is -0.508 e. The number of aromatic hydroxyl groups is 1. The van der Waals surface area contributed by atoms with Gasteiger partial charge in [-0.05, 0) is 36.8 Å². The maximum absolute atomic E-state index is 11.7. The number of aromatic nitrogens is 1. The van der Waals surface area contributed by atoms with E-state index in [4.69, 9.17) is 5.26 Å². The van der Waals surface area contributed by atoms with Gasteiger partial charge in [-0.25, -0.2) is 0 Å². The smallest absolute Gasteiger partial charge is 0.266 e. The number of aryl methyl sites for hydroxylation is 1. The number of aromatic amines is 1. The molecule has 90 valence electrons. The van der Waals surface area contributed by atoms with E-state index in [0.717, 1.165) is 0 Å². The second kappa shape index (κ2) is 4.67. The van der Waals surface area contributed by atoms with E-state index >= 15 is 0 Å². The Morgan fingerprint density at radius 3 is 2.67 bits per heavy atom. The summed E-state index contributed by atoms with van der Waals surface area (Å²) in [6, 6.07) is 8.33. The van der Waals surface area contributed by atoms with Crippen molar-refractivity contribution in [3.63, 3.8) is 0 Å². The van der Waals surface area contributed by atoms with Crippen molar-refractivity contribution < 1.29 is 5.11 Å². The van der Waals surface area contributed by atoms with Crippen molar-refractivity contribution >= 4 is 15.9 Å². The van der Waals surface area contributed by atoms with Crippen LogP contribution < -0.4 is 5.56 Å². The summed E-state index contributed by atoms with van der Waals surface area (Å²) in [5.74, 6) is 0.116. The van der Waals surface area contributed by atoms with E-state index < -0.39 is 5.56 Å². The molecular formula is C13H9BrN2O2. The number of phenolic OH excluding ortho intramolecular Hbond substituents is 1. The molecule has 0 atom stereocenters. The predicted molar refractivity (Wildman–Crippen MR) is 71.3 cm³/mol. The quantitative estimate of drug-likeness (QED) is 0.850. The minimum absolute atomic E-state index is 0.0620. The molecular weight excluding hydrogens is 296 g/mol. The zero-order valence-corrected chi connectivity index (χ0v) is 11.1. The van der Waals surface area contributed by atoms with Crippen molar-refractivity contribution in [2.45, 2.75) is 6.92 Å². The van der Waals surface area contributed by atoms with Crippen molar-refractivity contribution in [3.05, 3.63) is 50.3 Å². The molecule has 0 aliphatic rings. The third-order valence-electron chi connectivity index (χ3n) is 2.52. The average molecular weight is 305 g/mol. The van der Waals surface area contributed by atoms with Gasteiger partial charge in [0, 0.05) is 15.7 Å². The minimum atomic E-state index is -0.410. The van der Waals surface area contributed by atoms with Gasteiger partial charge in [-0.1, -0.05) is 15.9 Å². The summed E-state index contributed by atoms with van der Waals surface area (Å²) < 4.78 is 0.629. The number of nitrogens with one attached hydrogen (secondary N) is 1. The lowest BCUT2D eigenvalue weighted by Gasteiger charge is -2.08. The van der Waals surface area contributed by atoms with Crippen molar-refractivity contribution in [2.24, 2.45) is 0 Å². The molecule has 1 aromatic carbocycles. The van der Waals surface area contributed by atoms with Crippen LogP contribution in [-0.2, 0) is 0 Å². The second-order valence-corrected chi connectivity index (χ2v) is 4.70. The molecule has 0 saturated heterocycles. The predicted octanol–water partition coefficient (Wildman–Crippen LogP) is 2.69. The topological polar surface area (TPSA) is 76.9 Å². The number of nitriles is 1. The van der Waals surface area contributed by atoms with E-state index in [2.05, 4.69) is 20.9 Å². The summed E-state index contributed by atoms with van der Waals surface area (Å²) in [5.41, 5.74) is 1.57. The van der Waals surface area contributed by atoms with Crippen LogP contribution in [0.5, 0.6) is 5.75 Å². The monoisotopic (exact) mass is 304 g/mol. The van der Waals surface area contributed by atoms with E-state index in [1.807, 2.05) is 6.07 Å². The second-order valence-electron chi connectivity index (χ2n) is 3.85. The van der Waals surface area contributed by atoms with Gasteiger partial charge in [-0.2, -0.15) is 5.26 Å². The van der Waals surface area contributed by atoms with E-state index in [0.29, 0.717) is 21.3 Å². The Balaban J connectivity index is 2.79. The molecule has 2 N–H and O–H groups in total. The Bertz CT molecular complexity index is 714. The Morgan fingerprint density at radius 2 is 2.06 bits per heavy atom. The molecule has 0 unspecified atom stereocenters. The highest BCUT2D eigenvalue weighted by atomic mass is 79.9. The number of halogens is 1. The lowest BCUT2D eigenvalue weighted by atomic mass is 10.0. The SMILES string of the molecule is Cc1cc(-c2ccc(O)cc2Br)c(C#N)c(=O)[nH]1. The zero-order valence-electron chi connectivity index (χ0n) is 9.49. The number of pyridine rings is 1. The van der Waals surface area contributed by atoms with Crippen LogP contribution in [0, 0.1) is 18.3 Å². The summed E-state index contributed by atoms with van der Waals surface area (Å²) in [4.78, 5) is 14.3. The fraction of sp³-hybridized carbons (Fsp3) is 0.0769. The van der Waals surface area contributed by atoms with Gasteiger partial charge in [0.15, 0.2) is 0 Å². The number of hydrogen-bond donors (Lipinski definition) is 2. The molecule has 4 nitrogen and oxygen atoms in total. The molecule has 18 heavy (non-hydrogen) atoms. The van der Waals surface area contributed by atoms with Crippen molar-refractivity contribution in [1.29, 1.82) is 5.26 Å². The number of benzene rings is 1. The van der Waals surface area contributed by atoms with Crippen molar-refractivity contribution in [1.82, 2.24) is 4.98 Å². The molecule has 0 radical (unpaired) electrons. The molecule has 0 bridgehead atoms. The first-order valence-corrected chi connectivity index (χ1v) is 5.95. The van der Waals surface area contributed by atoms with Gasteiger partial charge < -0.3 is 10.1 Å². The Kier molecular flexibility index (Phi) is 3.21. The standard InChI is InChI=1S/C13H9BrN2O2/c1-7-4-10(11(6-15)13(18)16-7)9-3-2-8(17)5-12(9)14/h2-5,17H,1H3,(H,16,18). The van der Waals surface area contributed by atoms with Crippen LogP contribution in [0.4, 0.5) is 0 Å². The van der Waals surface area contributed by atoms with Crippen LogP contribution in [0.3, 0.4) is 0 Å².